The van der Waals surface area contributed by atoms with Crippen molar-refractivity contribution in [2.75, 3.05) is 0 Å². The van der Waals surface area contributed by atoms with E-state index in [2.05, 4.69) is 27.7 Å². The molecule has 5 atom stereocenters. The van der Waals surface area contributed by atoms with E-state index in [0.29, 0.717) is 17.3 Å². The molecule has 0 aromatic heterocycles. The highest BCUT2D eigenvalue weighted by Crippen LogP contribution is 2.71. The van der Waals surface area contributed by atoms with Crippen LogP contribution in [0.3, 0.4) is 0 Å². The van der Waals surface area contributed by atoms with Crippen LogP contribution < -0.4 is 0 Å². The first-order valence-corrected chi connectivity index (χ1v) is 7.04. The highest BCUT2D eigenvalue weighted by molar-refractivity contribution is 5.20. The van der Waals surface area contributed by atoms with Gasteiger partial charge < -0.3 is 5.11 Å². The highest BCUT2D eigenvalue weighted by atomic mass is 16.3. The molecule has 1 heteroatoms. The van der Waals surface area contributed by atoms with Crippen molar-refractivity contribution in [3.05, 3.63) is 0 Å². The van der Waals surface area contributed by atoms with Crippen molar-refractivity contribution in [2.45, 2.75) is 65.4 Å². The van der Waals surface area contributed by atoms with E-state index in [1.165, 1.54) is 32.1 Å². The maximum atomic E-state index is 11.4. The third kappa shape index (κ3) is 1.02. The van der Waals surface area contributed by atoms with Gasteiger partial charge in [-0.3, -0.25) is 0 Å². The maximum Gasteiger partial charge on any atom is 0.0764 e. The average Bonchev–Trinajstić information content (AvgIpc) is 2.46. The molecule has 0 amide bonds. The third-order valence-corrected chi connectivity index (χ3v) is 6.46. The Labute approximate surface area is 99.6 Å². The predicted octanol–water partition coefficient (Wildman–Crippen LogP) is 3.61. The molecule has 3 aliphatic carbocycles. The molecule has 3 fully saturated rings. The number of hydrogen-bond donors (Lipinski definition) is 1. The zero-order valence-corrected chi connectivity index (χ0v) is 11.2. The summed E-state index contributed by atoms with van der Waals surface area (Å²) in [7, 11) is 0. The minimum atomic E-state index is -0.339. The van der Waals surface area contributed by atoms with Crippen molar-refractivity contribution in [1.29, 1.82) is 0 Å². The summed E-state index contributed by atoms with van der Waals surface area (Å²) in [6.45, 7) is 9.47. The second-order valence-corrected chi connectivity index (χ2v) is 7.80. The van der Waals surface area contributed by atoms with Crippen LogP contribution in [0.1, 0.15) is 59.8 Å². The van der Waals surface area contributed by atoms with Gasteiger partial charge in [0.25, 0.3) is 0 Å². The summed E-state index contributed by atoms with van der Waals surface area (Å²) in [5.74, 6) is 1.86. The summed E-state index contributed by atoms with van der Waals surface area (Å²) in [5.41, 5.74) is 0.219. The summed E-state index contributed by atoms with van der Waals surface area (Å²) in [5, 5.41) is 11.4. The van der Waals surface area contributed by atoms with Gasteiger partial charge in [-0.1, -0.05) is 27.7 Å². The molecule has 92 valence electrons. The molecule has 0 aromatic rings. The van der Waals surface area contributed by atoms with Crippen LogP contribution in [0.2, 0.25) is 0 Å². The van der Waals surface area contributed by atoms with Gasteiger partial charge in [0.2, 0.25) is 0 Å². The van der Waals surface area contributed by atoms with Crippen LogP contribution in [0.25, 0.3) is 0 Å². The molecule has 3 rings (SSSR count). The Kier molecular flexibility index (Phi) is 1.98. The van der Waals surface area contributed by atoms with Crippen molar-refractivity contribution in [1.82, 2.24) is 0 Å². The van der Waals surface area contributed by atoms with Crippen LogP contribution in [0.15, 0.2) is 0 Å². The van der Waals surface area contributed by atoms with Gasteiger partial charge in [0.1, 0.15) is 0 Å². The lowest BCUT2D eigenvalue weighted by Gasteiger charge is -2.49. The molecular weight excluding hydrogens is 196 g/mol. The first-order valence-electron chi connectivity index (χ1n) is 7.04. The molecular formula is C15H26O. The quantitative estimate of drug-likeness (QED) is 0.664. The molecule has 0 spiro atoms. The molecule has 1 N–H and O–H groups in total. The standard InChI is InChI=1S/C15H26O/c1-10-5-6-12-13(2,3)9-14(4)8-7-11(10)15(12,14)16/h10-12,16H,5-9H2,1-4H3/t10-,11?,12?,14+,15-/m1/s1. The summed E-state index contributed by atoms with van der Waals surface area (Å²) in [6, 6.07) is 0. The molecule has 0 heterocycles. The summed E-state index contributed by atoms with van der Waals surface area (Å²) in [6.07, 6.45) is 6.32. The summed E-state index contributed by atoms with van der Waals surface area (Å²) < 4.78 is 0. The van der Waals surface area contributed by atoms with Crippen molar-refractivity contribution < 1.29 is 5.11 Å². The van der Waals surface area contributed by atoms with Gasteiger partial charge in [-0.2, -0.15) is 0 Å². The lowest BCUT2D eigenvalue weighted by molar-refractivity contribution is -0.138. The molecule has 3 saturated carbocycles. The SMILES string of the molecule is C[C@@H]1CCC2C(C)(C)C[C@]3(C)CCC1[C@@]23O. The van der Waals surface area contributed by atoms with Gasteiger partial charge in [-0.25, -0.2) is 0 Å². The van der Waals surface area contributed by atoms with Crippen LogP contribution in [0, 0.1) is 28.6 Å². The Morgan fingerprint density at radius 1 is 1.06 bits per heavy atom. The van der Waals surface area contributed by atoms with Crippen molar-refractivity contribution >= 4 is 0 Å². The van der Waals surface area contributed by atoms with E-state index in [-0.39, 0.29) is 11.0 Å². The third-order valence-electron chi connectivity index (χ3n) is 6.46. The fourth-order valence-corrected chi connectivity index (χ4v) is 5.94. The van der Waals surface area contributed by atoms with E-state index in [1.54, 1.807) is 0 Å². The fourth-order valence-electron chi connectivity index (χ4n) is 5.94. The fraction of sp³-hybridized carbons (Fsp3) is 1.00. The highest BCUT2D eigenvalue weighted by Gasteiger charge is 2.70. The lowest BCUT2D eigenvalue weighted by Crippen LogP contribution is -2.53. The van der Waals surface area contributed by atoms with Gasteiger partial charge in [0.15, 0.2) is 0 Å². The van der Waals surface area contributed by atoms with E-state index in [9.17, 15) is 5.11 Å². The molecule has 2 unspecified atom stereocenters. The molecule has 3 aliphatic rings. The molecule has 0 aliphatic heterocycles. The van der Waals surface area contributed by atoms with Crippen LogP contribution in [0.5, 0.6) is 0 Å². The van der Waals surface area contributed by atoms with Crippen LogP contribution in [0.4, 0.5) is 0 Å². The smallest absolute Gasteiger partial charge is 0.0764 e. The molecule has 0 radical (unpaired) electrons. The van der Waals surface area contributed by atoms with E-state index in [4.69, 9.17) is 0 Å². The molecule has 16 heavy (non-hydrogen) atoms. The molecule has 0 aromatic carbocycles. The van der Waals surface area contributed by atoms with E-state index < -0.39 is 0 Å². The first-order chi connectivity index (χ1) is 7.31. The Morgan fingerprint density at radius 2 is 1.75 bits per heavy atom. The number of aliphatic hydroxyl groups is 1. The maximum absolute atomic E-state index is 11.4. The second kappa shape index (κ2) is 2.85. The van der Waals surface area contributed by atoms with Gasteiger partial charge in [-0.05, 0) is 60.7 Å². The minimum absolute atomic E-state index is 0.209. The topological polar surface area (TPSA) is 20.2 Å². The van der Waals surface area contributed by atoms with Gasteiger partial charge in [0.05, 0.1) is 5.60 Å². The van der Waals surface area contributed by atoms with Crippen LogP contribution >= 0.6 is 0 Å². The van der Waals surface area contributed by atoms with Crippen molar-refractivity contribution in [3.63, 3.8) is 0 Å². The summed E-state index contributed by atoms with van der Waals surface area (Å²) >= 11 is 0. The molecule has 1 nitrogen and oxygen atoms in total. The Bertz CT molecular complexity index is 321. The largest absolute Gasteiger partial charge is 0.389 e. The lowest BCUT2D eigenvalue weighted by atomic mass is 9.60. The Morgan fingerprint density at radius 3 is 2.44 bits per heavy atom. The first kappa shape index (κ1) is 11.1. The number of hydrogen-bond acceptors (Lipinski definition) is 1. The zero-order chi connectivity index (χ0) is 11.8. The van der Waals surface area contributed by atoms with Gasteiger partial charge >= 0.3 is 0 Å². The monoisotopic (exact) mass is 222 g/mol. The average molecular weight is 222 g/mol. The Balaban J connectivity index is 2.10. The van der Waals surface area contributed by atoms with Gasteiger partial charge in [-0.15, -0.1) is 0 Å². The van der Waals surface area contributed by atoms with Crippen LogP contribution in [-0.2, 0) is 0 Å². The minimum Gasteiger partial charge on any atom is -0.389 e. The van der Waals surface area contributed by atoms with Crippen molar-refractivity contribution in [2.24, 2.45) is 28.6 Å². The summed E-state index contributed by atoms with van der Waals surface area (Å²) in [4.78, 5) is 0. The van der Waals surface area contributed by atoms with Crippen molar-refractivity contribution in [3.8, 4) is 0 Å². The zero-order valence-electron chi connectivity index (χ0n) is 11.2. The number of rotatable bonds is 0. The van der Waals surface area contributed by atoms with Gasteiger partial charge in [0, 0.05) is 0 Å². The predicted molar refractivity (Wildman–Crippen MR) is 66.1 cm³/mol. The van der Waals surface area contributed by atoms with E-state index in [0.717, 1.165) is 5.92 Å². The second-order valence-electron chi connectivity index (χ2n) is 7.80. The molecule has 0 saturated heterocycles. The van der Waals surface area contributed by atoms with Crippen LogP contribution in [-0.4, -0.2) is 10.7 Å². The normalized spacial score (nSPS) is 58.7. The molecule has 0 bridgehead atoms. The van der Waals surface area contributed by atoms with E-state index >= 15 is 0 Å². The Hall–Kier alpha value is -0.0400. The van der Waals surface area contributed by atoms with E-state index in [1.807, 2.05) is 0 Å².